The van der Waals surface area contributed by atoms with Crippen LogP contribution in [-0.2, 0) is 0 Å². The van der Waals surface area contributed by atoms with Crippen molar-refractivity contribution >= 4 is 28.8 Å². The van der Waals surface area contributed by atoms with E-state index in [9.17, 15) is 0 Å². The number of hydrogen-bond donors (Lipinski definition) is 2. The van der Waals surface area contributed by atoms with Gasteiger partial charge in [0.05, 0.1) is 6.34 Å². The topological polar surface area (TPSA) is 40.2 Å². The van der Waals surface area contributed by atoms with Crippen LogP contribution in [0.25, 0.3) is 16.6 Å². The predicted octanol–water partition coefficient (Wildman–Crippen LogP) is 2.40. The van der Waals surface area contributed by atoms with Gasteiger partial charge in [0.2, 0.25) is 0 Å². The number of aromatic amines is 1. The van der Waals surface area contributed by atoms with E-state index >= 15 is 0 Å². The Balaban J connectivity index is 2.46. The predicted molar refractivity (Wildman–Crippen MR) is 58.6 cm³/mol. The highest BCUT2D eigenvalue weighted by atomic mass is 15.0. The van der Waals surface area contributed by atoms with Crippen LogP contribution in [-0.4, -0.2) is 11.3 Å². The second-order valence-electron chi connectivity index (χ2n) is 3.28. The maximum atomic E-state index is 4.23. The molecule has 1 aliphatic rings. The van der Waals surface area contributed by atoms with Crippen LogP contribution in [0, 0.1) is 0 Å². The minimum atomic E-state index is 0.884. The third kappa shape index (κ3) is 0.836. The van der Waals surface area contributed by atoms with Gasteiger partial charge in [-0.15, -0.1) is 0 Å². The van der Waals surface area contributed by atoms with Crippen molar-refractivity contribution in [2.45, 2.75) is 0 Å². The molecule has 0 bridgehead atoms. The maximum absolute atomic E-state index is 4.23. The summed E-state index contributed by atoms with van der Waals surface area (Å²) in [5.41, 5.74) is 3.06. The fourth-order valence-corrected chi connectivity index (χ4v) is 1.78. The Kier molecular flexibility index (Phi) is 1.31. The van der Waals surface area contributed by atoms with Crippen LogP contribution < -0.4 is 5.32 Å². The number of aliphatic imine (C=N–C) groups is 1. The van der Waals surface area contributed by atoms with Crippen LogP contribution in [0.5, 0.6) is 0 Å². The van der Waals surface area contributed by atoms with Crippen molar-refractivity contribution in [3.63, 3.8) is 0 Å². The summed E-state index contributed by atoms with van der Waals surface area (Å²) in [6.07, 6.45) is 1.65. The Bertz CT molecular complexity index is 549. The largest absolute Gasteiger partial charge is 0.346 e. The molecule has 0 fully saturated rings. The number of benzene rings is 1. The molecule has 0 spiro atoms. The lowest BCUT2D eigenvalue weighted by Crippen LogP contribution is -2.11. The molecule has 0 saturated heterocycles. The molecule has 1 aromatic heterocycles. The highest BCUT2D eigenvalue weighted by molar-refractivity contribution is 6.01. The minimum absolute atomic E-state index is 0.884. The summed E-state index contributed by atoms with van der Waals surface area (Å²) in [6.45, 7) is 3.96. The molecule has 3 nitrogen and oxygen atoms in total. The van der Waals surface area contributed by atoms with Gasteiger partial charge in [0.25, 0.3) is 0 Å². The zero-order chi connectivity index (χ0) is 9.54. The second kappa shape index (κ2) is 2.48. The molecule has 0 radical (unpaired) electrons. The van der Waals surface area contributed by atoms with Crippen LogP contribution in [0.4, 0.5) is 5.82 Å². The third-order valence-corrected chi connectivity index (χ3v) is 2.42. The fraction of sp³-hybridized carbons (Fsp3) is 0. The highest BCUT2D eigenvalue weighted by Gasteiger charge is 2.14. The molecule has 0 atom stereocenters. The number of para-hydroxylation sites is 1. The van der Waals surface area contributed by atoms with Gasteiger partial charge in [0.15, 0.2) is 0 Å². The van der Waals surface area contributed by atoms with Crippen LogP contribution in [0.3, 0.4) is 0 Å². The number of rotatable bonds is 0. The molecule has 1 aliphatic heterocycles. The highest BCUT2D eigenvalue weighted by Crippen LogP contribution is 2.33. The smallest absolute Gasteiger partial charge is 0.142 e. The number of aromatic nitrogens is 1. The molecule has 14 heavy (non-hydrogen) atoms. The normalized spacial score (nSPS) is 14.1. The maximum Gasteiger partial charge on any atom is 0.142 e. The summed E-state index contributed by atoms with van der Waals surface area (Å²) in [7, 11) is 0. The summed E-state index contributed by atoms with van der Waals surface area (Å²) < 4.78 is 0. The second-order valence-corrected chi connectivity index (χ2v) is 3.28. The van der Waals surface area contributed by atoms with Gasteiger partial charge in [-0.1, -0.05) is 24.8 Å². The standard InChI is InChI=1S/C11H9N3/c1-7-10-8-4-2-3-5-9(8)14-11(10)13-6-12-7/h2-6,14H,1H2,(H,12,13). The van der Waals surface area contributed by atoms with Crippen LogP contribution in [0.2, 0.25) is 0 Å². The Morgan fingerprint density at radius 3 is 3.00 bits per heavy atom. The number of nitrogens with zero attached hydrogens (tertiary/aromatic N) is 1. The number of hydrogen-bond acceptors (Lipinski definition) is 2. The van der Waals surface area contributed by atoms with Crippen molar-refractivity contribution in [3.8, 4) is 0 Å². The van der Waals surface area contributed by atoms with Gasteiger partial charge in [-0.05, 0) is 6.07 Å². The quantitative estimate of drug-likeness (QED) is 0.646. The van der Waals surface area contributed by atoms with E-state index in [1.54, 1.807) is 6.34 Å². The third-order valence-electron chi connectivity index (χ3n) is 2.42. The van der Waals surface area contributed by atoms with Crippen molar-refractivity contribution in [3.05, 3.63) is 36.4 Å². The molecule has 1 aromatic carbocycles. The van der Waals surface area contributed by atoms with Gasteiger partial charge in [0.1, 0.15) is 5.82 Å². The average Bonchev–Trinajstić information content (AvgIpc) is 2.57. The van der Waals surface area contributed by atoms with Crippen molar-refractivity contribution in [1.82, 2.24) is 10.3 Å². The van der Waals surface area contributed by atoms with E-state index in [2.05, 4.69) is 27.9 Å². The Morgan fingerprint density at radius 2 is 2.07 bits per heavy atom. The zero-order valence-electron chi connectivity index (χ0n) is 7.54. The molecule has 68 valence electrons. The summed E-state index contributed by atoms with van der Waals surface area (Å²) in [5.74, 6) is 0.884. The van der Waals surface area contributed by atoms with Crippen molar-refractivity contribution in [1.29, 1.82) is 0 Å². The van der Waals surface area contributed by atoms with E-state index in [1.165, 1.54) is 0 Å². The molecule has 0 aliphatic carbocycles. The first-order chi connectivity index (χ1) is 6.86. The van der Waals surface area contributed by atoms with E-state index in [4.69, 9.17) is 0 Å². The molecule has 2 heterocycles. The molecule has 3 rings (SSSR count). The zero-order valence-corrected chi connectivity index (χ0v) is 7.54. The number of fused-ring (bicyclic) bond motifs is 3. The van der Waals surface area contributed by atoms with Crippen molar-refractivity contribution in [2.75, 3.05) is 0 Å². The summed E-state index contributed by atoms with van der Waals surface area (Å²) in [4.78, 5) is 7.48. The van der Waals surface area contributed by atoms with Gasteiger partial charge in [0, 0.05) is 22.2 Å². The molecule has 0 amide bonds. The van der Waals surface area contributed by atoms with Gasteiger partial charge in [-0.25, -0.2) is 4.99 Å². The van der Waals surface area contributed by atoms with Crippen molar-refractivity contribution in [2.24, 2.45) is 4.99 Å². The van der Waals surface area contributed by atoms with Gasteiger partial charge >= 0.3 is 0 Å². The van der Waals surface area contributed by atoms with Crippen LogP contribution >= 0.6 is 0 Å². The van der Waals surface area contributed by atoms with Crippen LogP contribution in [0.1, 0.15) is 5.56 Å². The molecule has 0 saturated carbocycles. The Morgan fingerprint density at radius 1 is 1.21 bits per heavy atom. The SMILES string of the molecule is C=C1NC=Nc2[nH]c3ccccc3c21. The van der Waals surface area contributed by atoms with E-state index in [-0.39, 0.29) is 0 Å². The van der Waals surface area contributed by atoms with Crippen molar-refractivity contribution < 1.29 is 0 Å². The molecular formula is C11H9N3. The molecular weight excluding hydrogens is 174 g/mol. The molecule has 0 unspecified atom stereocenters. The lowest BCUT2D eigenvalue weighted by Gasteiger charge is -2.09. The first-order valence-corrected chi connectivity index (χ1v) is 4.45. The first kappa shape index (κ1) is 7.38. The monoisotopic (exact) mass is 183 g/mol. The summed E-state index contributed by atoms with van der Waals surface area (Å²) >= 11 is 0. The van der Waals surface area contributed by atoms with Gasteiger partial charge in [-0.2, -0.15) is 0 Å². The number of H-pyrrole nitrogens is 1. The first-order valence-electron chi connectivity index (χ1n) is 4.45. The summed E-state index contributed by atoms with van der Waals surface area (Å²) in [5, 5.41) is 4.17. The lowest BCUT2D eigenvalue weighted by molar-refractivity contribution is 1.25. The molecule has 2 aromatic rings. The Labute approximate surface area is 81.2 Å². The minimum Gasteiger partial charge on any atom is -0.346 e. The number of nitrogens with one attached hydrogen (secondary N) is 2. The van der Waals surface area contributed by atoms with E-state index in [0.717, 1.165) is 28.0 Å². The summed E-state index contributed by atoms with van der Waals surface area (Å²) in [6, 6.07) is 8.13. The molecule has 2 N–H and O–H groups in total. The van der Waals surface area contributed by atoms with Crippen LogP contribution in [0.15, 0.2) is 35.8 Å². The van der Waals surface area contributed by atoms with E-state index in [1.807, 2.05) is 18.2 Å². The molecule has 3 heteroatoms. The van der Waals surface area contributed by atoms with E-state index in [0.29, 0.717) is 0 Å². The lowest BCUT2D eigenvalue weighted by atomic mass is 10.1. The van der Waals surface area contributed by atoms with Gasteiger partial charge < -0.3 is 10.3 Å². The fourth-order valence-electron chi connectivity index (χ4n) is 1.78. The Hall–Kier alpha value is -2.03. The van der Waals surface area contributed by atoms with Gasteiger partial charge in [-0.3, -0.25) is 0 Å². The average molecular weight is 183 g/mol. The van der Waals surface area contributed by atoms with E-state index < -0.39 is 0 Å².